The Morgan fingerprint density at radius 3 is 2.52 bits per heavy atom. The number of hydrogen-bond donors (Lipinski definition) is 6. The van der Waals surface area contributed by atoms with E-state index >= 15 is 0 Å². The molecule has 7 N–H and O–H groups in total. The third-order valence-electron chi connectivity index (χ3n) is 4.02. The van der Waals surface area contributed by atoms with Crippen LogP contribution in [0.4, 0.5) is 16.2 Å². The Balaban J connectivity index is 1.84. The molecule has 1 heterocycles. The largest absolute Gasteiger partial charge is 0.501 e. The van der Waals surface area contributed by atoms with Crippen molar-refractivity contribution in [1.82, 2.24) is 15.3 Å². The van der Waals surface area contributed by atoms with Crippen LogP contribution in [0.3, 0.4) is 0 Å². The lowest BCUT2D eigenvalue weighted by Gasteiger charge is -2.12. The van der Waals surface area contributed by atoms with Crippen molar-refractivity contribution in [2.45, 2.75) is 6.54 Å². The van der Waals surface area contributed by atoms with Crippen molar-refractivity contribution in [3.8, 4) is 17.1 Å². The van der Waals surface area contributed by atoms with Crippen molar-refractivity contribution in [2.75, 3.05) is 11.1 Å². The van der Waals surface area contributed by atoms with Gasteiger partial charge >= 0.3 is 12.0 Å². The van der Waals surface area contributed by atoms with Gasteiger partial charge in [-0.05, 0) is 23.8 Å². The molecule has 3 aromatic rings. The van der Waals surface area contributed by atoms with Gasteiger partial charge < -0.3 is 31.6 Å². The molecule has 0 aliphatic carbocycles. The van der Waals surface area contributed by atoms with Crippen LogP contribution in [0.25, 0.3) is 11.4 Å². The molecule has 0 fully saturated rings. The molecule has 2 amide bonds. The van der Waals surface area contributed by atoms with E-state index in [1.807, 2.05) is 0 Å². The Hall–Kier alpha value is -4.34. The highest BCUT2D eigenvalue weighted by molar-refractivity contribution is 5.94. The van der Waals surface area contributed by atoms with E-state index in [0.29, 0.717) is 5.69 Å². The smallest absolute Gasteiger partial charge is 0.358 e. The summed E-state index contributed by atoms with van der Waals surface area (Å²) >= 11 is 0. The van der Waals surface area contributed by atoms with Crippen molar-refractivity contribution >= 4 is 23.4 Å². The number of nitrogen functional groups attached to an aromatic ring is 1. The molecule has 148 valence electrons. The maximum Gasteiger partial charge on any atom is 0.358 e. The average Bonchev–Trinajstić information content (AvgIpc) is 2.69. The molecule has 10 nitrogen and oxygen atoms in total. The number of nitrogens with one attached hydrogen (secondary N) is 3. The molecule has 0 radical (unpaired) electrons. The molecule has 29 heavy (non-hydrogen) atoms. The molecule has 3 rings (SSSR count). The standard InChI is InChI=1S/C19H17N5O5/c20-12-7-3-1-5-10(12)9-21-19(29)22-13-8-4-2-6-11(13)16-23-14(18(27)28)15(25)17(26)24-16/h1-8,25H,9,20H2,(H,27,28)(H2,21,22,29)(H,23,24,26). The summed E-state index contributed by atoms with van der Waals surface area (Å²) in [6, 6.07) is 12.9. The van der Waals surface area contributed by atoms with Gasteiger partial charge in [0, 0.05) is 17.8 Å². The van der Waals surface area contributed by atoms with Crippen LogP contribution in [0, 0.1) is 0 Å². The van der Waals surface area contributed by atoms with Gasteiger partial charge in [-0.2, -0.15) is 0 Å². The topological polar surface area (TPSA) is 170 Å². The van der Waals surface area contributed by atoms with Crippen molar-refractivity contribution in [1.29, 1.82) is 0 Å². The van der Waals surface area contributed by atoms with E-state index in [1.54, 1.807) is 42.5 Å². The normalized spacial score (nSPS) is 10.3. The third kappa shape index (κ3) is 4.33. The summed E-state index contributed by atoms with van der Waals surface area (Å²) in [6.45, 7) is 0.193. The van der Waals surface area contributed by atoms with Gasteiger partial charge in [-0.1, -0.05) is 30.3 Å². The molecular weight excluding hydrogens is 378 g/mol. The van der Waals surface area contributed by atoms with E-state index in [2.05, 4.69) is 20.6 Å². The Morgan fingerprint density at radius 2 is 1.79 bits per heavy atom. The fraction of sp³-hybridized carbons (Fsp3) is 0.0526. The maximum atomic E-state index is 12.3. The number of carbonyl (C=O) groups excluding carboxylic acids is 1. The predicted octanol–water partition coefficient (Wildman–Crippen LogP) is 1.74. The highest BCUT2D eigenvalue weighted by atomic mass is 16.4. The number of nitrogens with zero attached hydrogens (tertiary/aromatic N) is 1. The van der Waals surface area contributed by atoms with Gasteiger partial charge in [-0.3, -0.25) is 4.79 Å². The first kappa shape index (κ1) is 19.4. The highest BCUT2D eigenvalue weighted by Gasteiger charge is 2.19. The number of anilines is 2. The fourth-order valence-corrected chi connectivity index (χ4v) is 2.58. The van der Waals surface area contributed by atoms with Crippen molar-refractivity contribution in [3.05, 3.63) is 70.1 Å². The van der Waals surface area contributed by atoms with E-state index in [1.165, 1.54) is 6.07 Å². The number of H-pyrrole nitrogens is 1. The van der Waals surface area contributed by atoms with Crippen molar-refractivity contribution in [2.24, 2.45) is 0 Å². The second-order valence-corrected chi connectivity index (χ2v) is 5.97. The summed E-state index contributed by atoms with van der Waals surface area (Å²) in [5.74, 6) is -2.67. The first-order valence-electron chi connectivity index (χ1n) is 8.41. The van der Waals surface area contributed by atoms with Gasteiger partial charge in [0.2, 0.25) is 5.75 Å². The van der Waals surface area contributed by atoms with E-state index in [-0.39, 0.29) is 23.6 Å². The number of amides is 2. The number of carboxylic acids is 1. The van der Waals surface area contributed by atoms with Crippen molar-refractivity contribution < 1.29 is 19.8 Å². The molecule has 0 bridgehead atoms. The van der Waals surface area contributed by atoms with Gasteiger partial charge in [0.25, 0.3) is 5.56 Å². The minimum absolute atomic E-state index is 0.117. The maximum absolute atomic E-state index is 12.3. The van der Waals surface area contributed by atoms with Gasteiger partial charge in [0.1, 0.15) is 5.82 Å². The zero-order chi connectivity index (χ0) is 21.0. The number of urea groups is 1. The number of aromatic nitrogens is 2. The van der Waals surface area contributed by atoms with Crippen LogP contribution < -0.4 is 21.9 Å². The first-order valence-corrected chi connectivity index (χ1v) is 8.41. The van der Waals surface area contributed by atoms with E-state index in [9.17, 15) is 19.5 Å². The zero-order valence-corrected chi connectivity index (χ0v) is 15.0. The molecule has 2 aromatic carbocycles. The number of aromatic carboxylic acids is 1. The summed E-state index contributed by atoms with van der Waals surface area (Å²) in [4.78, 5) is 41.4. The van der Waals surface area contributed by atoms with Gasteiger partial charge in [0.15, 0.2) is 5.69 Å². The molecule has 1 aromatic heterocycles. The highest BCUT2D eigenvalue weighted by Crippen LogP contribution is 2.25. The van der Waals surface area contributed by atoms with Crippen LogP contribution in [-0.4, -0.2) is 32.2 Å². The lowest BCUT2D eigenvalue weighted by atomic mass is 10.1. The van der Waals surface area contributed by atoms with Crippen molar-refractivity contribution in [3.63, 3.8) is 0 Å². The van der Waals surface area contributed by atoms with Crippen LogP contribution in [-0.2, 0) is 6.54 Å². The van der Waals surface area contributed by atoms with Gasteiger partial charge in [-0.25, -0.2) is 14.6 Å². The number of benzene rings is 2. The zero-order valence-electron chi connectivity index (χ0n) is 15.0. The second kappa shape index (κ2) is 8.13. The molecule has 0 aliphatic rings. The quantitative estimate of drug-likeness (QED) is 0.357. The third-order valence-corrected chi connectivity index (χ3v) is 4.02. The summed E-state index contributed by atoms with van der Waals surface area (Å²) in [5, 5.41) is 24.0. The number of rotatable bonds is 5. The minimum atomic E-state index is -1.56. The van der Waals surface area contributed by atoms with Gasteiger partial charge in [0.05, 0.1) is 5.69 Å². The lowest BCUT2D eigenvalue weighted by molar-refractivity contribution is 0.0686. The Labute approximate surface area is 164 Å². The molecule has 0 aliphatic heterocycles. The number of carboxylic acid groups (broad SMARTS) is 1. The van der Waals surface area contributed by atoms with E-state index in [4.69, 9.17) is 10.8 Å². The summed E-state index contributed by atoms with van der Waals surface area (Å²) in [6.07, 6.45) is 0. The number of para-hydroxylation sites is 2. The average molecular weight is 395 g/mol. The number of nitrogens with two attached hydrogens (primary N) is 1. The number of hydrogen-bond acceptors (Lipinski definition) is 6. The lowest BCUT2D eigenvalue weighted by Crippen LogP contribution is -2.28. The first-order chi connectivity index (χ1) is 13.9. The molecule has 0 atom stereocenters. The number of aromatic amines is 1. The molecule has 0 unspecified atom stereocenters. The Morgan fingerprint density at radius 1 is 1.10 bits per heavy atom. The van der Waals surface area contributed by atoms with E-state index in [0.717, 1.165) is 5.56 Å². The van der Waals surface area contributed by atoms with E-state index < -0.39 is 29.0 Å². The predicted molar refractivity (Wildman–Crippen MR) is 106 cm³/mol. The van der Waals surface area contributed by atoms with Crippen LogP contribution >= 0.6 is 0 Å². The van der Waals surface area contributed by atoms with Gasteiger partial charge in [-0.15, -0.1) is 0 Å². The van der Waals surface area contributed by atoms with Crippen LogP contribution in [0.5, 0.6) is 5.75 Å². The second-order valence-electron chi connectivity index (χ2n) is 5.97. The summed E-state index contributed by atoms with van der Waals surface area (Å²) in [7, 11) is 0. The monoisotopic (exact) mass is 395 g/mol. The molecule has 0 spiro atoms. The SMILES string of the molecule is Nc1ccccc1CNC(=O)Nc1ccccc1-c1nc(C(=O)O)c(O)c(=O)[nH]1. The summed E-state index contributed by atoms with van der Waals surface area (Å²) < 4.78 is 0. The van der Waals surface area contributed by atoms with Crippen LogP contribution in [0.1, 0.15) is 16.1 Å². The molecule has 10 heteroatoms. The Kier molecular flexibility index (Phi) is 5.44. The number of aromatic hydroxyl groups is 1. The van der Waals surface area contributed by atoms with Crippen LogP contribution in [0.15, 0.2) is 53.3 Å². The van der Waals surface area contributed by atoms with Crippen LogP contribution in [0.2, 0.25) is 0 Å². The molecule has 0 saturated heterocycles. The molecule has 0 saturated carbocycles. The number of carbonyl (C=O) groups is 2. The molecular formula is C19H17N5O5. The minimum Gasteiger partial charge on any atom is -0.501 e. The summed E-state index contributed by atoms with van der Waals surface area (Å²) in [5.41, 5.74) is 5.87. The Bertz CT molecular complexity index is 1140. The fourth-order valence-electron chi connectivity index (χ4n) is 2.58.